The zero-order valence-electron chi connectivity index (χ0n) is 21.5. The van der Waals surface area contributed by atoms with E-state index in [1.54, 1.807) is 0 Å². The number of carbonyl (C=O) groups is 1. The number of hydrogen-bond acceptors (Lipinski definition) is 7. The van der Waals surface area contributed by atoms with Gasteiger partial charge in [0.15, 0.2) is 11.2 Å². The van der Waals surface area contributed by atoms with Crippen molar-refractivity contribution in [1.29, 1.82) is 0 Å². The van der Waals surface area contributed by atoms with E-state index >= 15 is 0 Å². The molecule has 3 rings (SSSR count). The second-order valence-electron chi connectivity index (χ2n) is 9.13. The first-order valence-electron chi connectivity index (χ1n) is 11.8. The van der Waals surface area contributed by atoms with Crippen LogP contribution in [0.5, 0.6) is 5.75 Å². The van der Waals surface area contributed by atoms with E-state index in [4.69, 9.17) is 25.5 Å². The summed E-state index contributed by atoms with van der Waals surface area (Å²) in [6.45, 7) is 14.9. The fourth-order valence-corrected chi connectivity index (χ4v) is 4.44. The Hall–Kier alpha value is -1.55. The number of morpholine rings is 1. The van der Waals surface area contributed by atoms with Gasteiger partial charge in [0, 0.05) is 42.7 Å². The van der Waals surface area contributed by atoms with E-state index < -0.39 is 17.2 Å². The van der Waals surface area contributed by atoms with E-state index in [-0.39, 0.29) is 41.2 Å². The molecule has 0 aliphatic carbocycles. The lowest BCUT2D eigenvalue weighted by Gasteiger charge is -2.29. The van der Waals surface area contributed by atoms with Gasteiger partial charge in [-0.25, -0.2) is 9.59 Å². The summed E-state index contributed by atoms with van der Waals surface area (Å²) in [6, 6.07) is 1.92. The summed E-state index contributed by atoms with van der Waals surface area (Å²) >= 11 is 6.74. The fourth-order valence-electron chi connectivity index (χ4n) is 4.14. The zero-order chi connectivity index (χ0) is 25.0. The normalized spacial score (nSPS) is 14.4. The zero-order valence-corrected chi connectivity index (χ0v) is 23.9. The number of halogens is 3. The molecular formula is C25H37Cl3N2O6. The Bertz CT molecular complexity index is 1100. The summed E-state index contributed by atoms with van der Waals surface area (Å²) in [5, 5.41) is 10.5. The molecule has 0 amide bonds. The highest BCUT2D eigenvalue weighted by Gasteiger charge is 2.33. The number of benzene rings is 1. The molecule has 8 nitrogen and oxygen atoms in total. The minimum Gasteiger partial charge on any atom is -0.478 e. The molecule has 1 fully saturated rings. The van der Waals surface area contributed by atoms with Crippen molar-refractivity contribution in [3.8, 4) is 5.75 Å². The number of fused-ring (bicyclic) bond motifs is 1. The smallest absolute Gasteiger partial charge is 0.347 e. The van der Waals surface area contributed by atoms with Crippen molar-refractivity contribution in [3.05, 3.63) is 38.2 Å². The third kappa shape index (κ3) is 7.27. The Morgan fingerprint density at radius 3 is 2.39 bits per heavy atom. The van der Waals surface area contributed by atoms with Crippen molar-refractivity contribution in [2.24, 2.45) is 0 Å². The predicted octanol–water partition coefficient (Wildman–Crippen LogP) is 4.56. The molecule has 0 saturated carbocycles. The van der Waals surface area contributed by atoms with Gasteiger partial charge >= 0.3 is 11.6 Å². The highest BCUT2D eigenvalue weighted by Crippen LogP contribution is 2.40. The average Bonchev–Trinajstić information content (AvgIpc) is 2.80. The number of carboxylic acid groups (broad SMARTS) is 1. The molecule has 1 aromatic heterocycles. The van der Waals surface area contributed by atoms with Crippen LogP contribution in [0.4, 0.5) is 0 Å². The van der Waals surface area contributed by atoms with Gasteiger partial charge in [0.25, 0.3) is 0 Å². The van der Waals surface area contributed by atoms with Gasteiger partial charge in [-0.15, -0.1) is 24.8 Å². The van der Waals surface area contributed by atoms with E-state index in [9.17, 15) is 14.7 Å². The second kappa shape index (κ2) is 13.8. The molecule has 1 N–H and O–H groups in total. The molecule has 2 heterocycles. The largest absolute Gasteiger partial charge is 0.478 e. The van der Waals surface area contributed by atoms with Crippen molar-refractivity contribution in [3.63, 3.8) is 0 Å². The van der Waals surface area contributed by atoms with Crippen molar-refractivity contribution in [1.82, 2.24) is 9.80 Å². The summed E-state index contributed by atoms with van der Waals surface area (Å²) in [6.07, 6.45) is 0.576. The van der Waals surface area contributed by atoms with Crippen LogP contribution in [0.1, 0.15) is 44.4 Å². The topological polar surface area (TPSA) is 92.5 Å². The van der Waals surface area contributed by atoms with Crippen LogP contribution in [0.25, 0.3) is 11.0 Å². The lowest BCUT2D eigenvalue weighted by Crippen LogP contribution is -2.39. The van der Waals surface area contributed by atoms with E-state index in [0.29, 0.717) is 31.7 Å². The van der Waals surface area contributed by atoms with Crippen LogP contribution in [0.3, 0.4) is 0 Å². The Kier molecular flexibility index (Phi) is 12.5. The van der Waals surface area contributed by atoms with Crippen LogP contribution in [-0.2, 0) is 22.5 Å². The van der Waals surface area contributed by atoms with Gasteiger partial charge in [-0.2, -0.15) is 0 Å². The molecule has 1 aliphatic heterocycles. The minimum atomic E-state index is -1.52. The highest BCUT2D eigenvalue weighted by molar-refractivity contribution is 6.36. The van der Waals surface area contributed by atoms with E-state index in [1.165, 1.54) is 13.8 Å². The number of likely N-dealkylation sites (N-methyl/N-ethyl adjacent to an activating group) is 1. The van der Waals surface area contributed by atoms with Crippen molar-refractivity contribution in [2.45, 2.75) is 53.2 Å². The Morgan fingerprint density at radius 2 is 1.83 bits per heavy atom. The molecular weight excluding hydrogens is 531 g/mol. The lowest BCUT2D eigenvalue weighted by molar-refractivity contribution is -0.152. The van der Waals surface area contributed by atoms with Gasteiger partial charge in [-0.05, 0) is 51.9 Å². The second-order valence-corrected chi connectivity index (χ2v) is 9.51. The fraction of sp³-hybridized carbons (Fsp3) is 0.600. The van der Waals surface area contributed by atoms with Crippen LogP contribution in [0, 0.1) is 6.92 Å². The molecule has 0 bridgehead atoms. The van der Waals surface area contributed by atoms with E-state index in [0.717, 1.165) is 49.2 Å². The Morgan fingerprint density at radius 1 is 1.22 bits per heavy atom. The number of carboxylic acids is 1. The lowest BCUT2D eigenvalue weighted by atomic mass is 10.00. The summed E-state index contributed by atoms with van der Waals surface area (Å²) in [4.78, 5) is 29.1. The minimum absolute atomic E-state index is 0. The van der Waals surface area contributed by atoms with Crippen molar-refractivity contribution in [2.75, 3.05) is 45.9 Å². The molecule has 1 aromatic carbocycles. The van der Waals surface area contributed by atoms with Gasteiger partial charge < -0.3 is 23.9 Å². The summed E-state index contributed by atoms with van der Waals surface area (Å²) in [5.74, 6) is -0.892. The van der Waals surface area contributed by atoms with Crippen LogP contribution in [0.2, 0.25) is 5.02 Å². The molecule has 204 valence electrons. The maximum atomic E-state index is 12.9. The van der Waals surface area contributed by atoms with Crippen molar-refractivity contribution >= 4 is 53.4 Å². The monoisotopic (exact) mass is 566 g/mol. The Labute approximate surface area is 229 Å². The van der Waals surface area contributed by atoms with Gasteiger partial charge in [-0.1, -0.05) is 25.4 Å². The molecule has 0 radical (unpaired) electrons. The maximum absolute atomic E-state index is 12.9. The van der Waals surface area contributed by atoms with Crippen LogP contribution in [-0.4, -0.2) is 72.4 Å². The summed E-state index contributed by atoms with van der Waals surface area (Å²) in [5.41, 5.74) is 0.484. The molecule has 0 spiro atoms. The number of nitrogens with zero attached hydrogens (tertiary/aromatic N) is 2. The standard InChI is InChI=1S/C25H35ClN2O6.2ClH/c1-6-27(7-2)9-8-18-16(3)19-14-17(15-28-10-12-32-13-11-28)21(34-25(4,5)24(30)31)20(26)22(19)33-23(18)29;;/h14H,6-13,15H2,1-5H3,(H,30,31);2*1H. The van der Waals surface area contributed by atoms with Gasteiger partial charge in [-0.3, -0.25) is 4.90 Å². The molecule has 1 aliphatic rings. The first kappa shape index (κ1) is 32.5. The quantitative estimate of drug-likeness (QED) is 0.418. The number of hydrogen-bond donors (Lipinski definition) is 1. The molecule has 0 unspecified atom stereocenters. The van der Waals surface area contributed by atoms with Crippen LogP contribution in [0.15, 0.2) is 15.3 Å². The van der Waals surface area contributed by atoms with Gasteiger partial charge in [0.05, 0.1) is 13.2 Å². The summed E-state index contributed by atoms with van der Waals surface area (Å²) < 4.78 is 17.1. The molecule has 1 saturated heterocycles. The SMILES string of the molecule is CCN(CC)CCc1c(C)c2cc(CN3CCOCC3)c(OC(C)(C)C(=O)O)c(Cl)c2oc1=O.Cl.Cl. The number of aliphatic carboxylic acids is 1. The third-order valence-corrected chi connectivity index (χ3v) is 6.84. The first-order valence-corrected chi connectivity index (χ1v) is 12.2. The Balaban J connectivity index is 0.00000324. The number of ether oxygens (including phenoxy) is 2. The number of aryl methyl sites for hydroxylation is 1. The number of rotatable bonds is 10. The van der Waals surface area contributed by atoms with Gasteiger partial charge in [0.2, 0.25) is 0 Å². The average molecular weight is 568 g/mol. The van der Waals surface area contributed by atoms with E-state index in [1.807, 2.05) is 13.0 Å². The predicted molar refractivity (Wildman–Crippen MR) is 147 cm³/mol. The van der Waals surface area contributed by atoms with Gasteiger partial charge in [0.1, 0.15) is 10.8 Å². The third-order valence-electron chi connectivity index (χ3n) is 6.49. The van der Waals surface area contributed by atoms with Crippen molar-refractivity contribution < 1.29 is 23.8 Å². The first-order chi connectivity index (χ1) is 16.1. The molecule has 2 aromatic rings. The van der Waals surface area contributed by atoms with Crippen LogP contribution < -0.4 is 10.4 Å². The molecule has 36 heavy (non-hydrogen) atoms. The highest BCUT2D eigenvalue weighted by atomic mass is 35.5. The maximum Gasteiger partial charge on any atom is 0.347 e. The van der Waals surface area contributed by atoms with E-state index in [2.05, 4.69) is 23.6 Å². The van der Waals surface area contributed by atoms with Crippen LogP contribution >= 0.6 is 36.4 Å². The summed E-state index contributed by atoms with van der Waals surface area (Å²) in [7, 11) is 0. The molecule has 0 atom stereocenters. The molecule has 11 heteroatoms.